The summed E-state index contributed by atoms with van der Waals surface area (Å²) in [6, 6.07) is -0.626. The molecular weight excluding hydrogens is 642 g/mol. The Morgan fingerprint density at radius 1 is 0.627 bits per heavy atom. The zero-order chi connectivity index (χ0) is 37.8. The lowest BCUT2D eigenvalue weighted by Crippen LogP contribution is -2.50. The molecule has 0 heterocycles. The molecule has 0 fully saturated rings. The summed E-state index contributed by atoms with van der Waals surface area (Å²) in [4.78, 5) is 36.7. The van der Waals surface area contributed by atoms with Crippen LogP contribution in [0.15, 0.2) is 72.9 Å². The number of allylic oxidation sites excluding steroid dienone is 12. The third kappa shape index (κ3) is 32.4. The third-order valence-corrected chi connectivity index (χ3v) is 8.18. The number of rotatable bonds is 33. The molecule has 0 bridgehead atoms. The molecule has 0 aliphatic carbocycles. The summed E-state index contributed by atoms with van der Waals surface area (Å²) in [7, 11) is 5.49. The van der Waals surface area contributed by atoms with Gasteiger partial charge in [0.25, 0.3) is 0 Å². The molecule has 0 aliphatic heterocycles. The molecule has 0 saturated heterocycles. The van der Waals surface area contributed by atoms with Gasteiger partial charge in [-0.2, -0.15) is 0 Å². The van der Waals surface area contributed by atoms with E-state index in [2.05, 4.69) is 74.6 Å². The second kappa shape index (κ2) is 33.9. The molecule has 0 rings (SSSR count). The summed E-state index contributed by atoms with van der Waals surface area (Å²) >= 11 is 0. The van der Waals surface area contributed by atoms with Crippen LogP contribution in [0, 0.1) is 0 Å². The maximum Gasteiger partial charge on any atom is 0.362 e. The van der Waals surface area contributed by atoms with Crippen LogP contribution in [0.5, 0.6) is 0 Å². The number of carbonyl (C=O) groups excluding carboxylic acids is 2. The molecule has 2 unspecified atom stereocenters. The first-order chi connectivity index (χ1) is 24.6. The maximum absolute atomic E-state index is 12.7. The lowest BCUT2D eigenvalue weighted by atomic mass is 10.1. The van der Waals surface area contributed by atoms with Crippen molar-refractivity contribution in [2.75, 3.05) is 41.0 Å². The van der Waals surface area contributed by atoms with Gasteiger partial charge in [0.05, 0.1) is 34.4 Å². The molecule has 0 spiro atoms. The number of unbranched alkanes of at least 4 members (excludes halogenated alkanes) is 10. The fourth-order valence-electron chi connectivity index (χ4n) is 5.14. The summed E-state index contributed by atoms with van der Waals surface area (Å²) in [6.07, 6.45) is 41.0. The van der Waals surface area contributed by atoms with Crippen molar-refractivity contribution >= 4 is 17.9 Å². The number of carbonyl (C=O) groups is 3. The van der Waals surface area contributed by atoms with Crippen LogP contribution in [0.2, 0.25) is 0 Å². The standard InChI is InChI=1S/C43H71NO7/c1-6-8-10-12-14-16-17-18-19-20-21-22-23-24-26-28-30-32-34-42(46)51-39(37-49-36-35-40(43(47)48)44(3,4)5)38-50-41(45)33-31-29-27-25-15-13-11-9-7-2/h9,11,14-22,25,39-40H,6-8,10,12-13,23-24,26-38H2,1-5H3/p+1/b11-9+,16-14+,18-17+,20-19+,22-21+,25-15+. The molecule has 0 aliphatic rings. The lowest BCUT2D eigenvalue weighted by molar-refractivity contribution is -0.887. The minimum absolute atomic E-state index is 0.0366. The van der Waals surface area contributed by atoms with Crippen LogP contribution in [0.3, 0.4) is 0 Å². The first kappa shape index (κ1) is 47.8. The first-order valence-corrected chi connectivity index (χ1v) is 19.5. The largest absolute Gasteiger partial charge is 0.477 e. The zero-order valence-corrected chi connectivity index (χ0v) is 32.8. The van der Waals surface area contributed by atoms with Gasteiger partial charge in [-0.3, -0.25) is 9.59 Å². The SMILES string of the molecule is CC/C=C/C/C=C/CCCCC(=O)OCC(COCCC(C(=O)O)[N+](C)(C)C)OC(=O)CCCCCCC/C=C/C=C/C=C/C=C/CCCCC. The van der Waals surface area contributed by atoms with Gasteiger partial charge in [-0.15, -0.1) is 0 Å². The third-order valence-electron chi connectivity index (χ3n) is 8.18. The van der Waals surface area contributed by atoms with E-state index in [0.29, 0.717) is 19.3 Å². The minimum atomic E-state index is -0.888. The van der Waals surface area contributed by atoms with E-state index in [1.54, 1.807) is 0 Å². The Balaban J connectivity index is 4.48. The van der Waals surface area contributed by atoms with Crippen molar-refractivity contribution in [3.63, 3.8) is 0 Å². The zero-order valence-electron chi connectivity index (χ0n) is 32.8. The van der Waals surface area contributed by atoms with E-state index in [-0.39, 0.29) is 36.2 Å². The van der Waals surface area contributed by atoms with Gasteiger partial charge in [-0.05, 0) is 64.2 Å². The van der Waals surface area contributed by atoms with E-state index in [4.69, 9.17) is 14.2 Å². The summed E-state index contributed by atoms with van der Waals surface area (Å²) in [5.74, 6) is -1.56. The van der Waals surface area contributed by atoms with E-state index in [9.17, 15) is 19.5 Å². The highest BCUT2D eigenvalue weighted by Crippen LogP contribution is 2.12. The smallest absolute Gasteiger partial charge is 0.362 e. The summed E-state index contributed by atoms with van der Waals surface area (Å²) in [5, 5.41) is 9.58. The number of carboxylic acid groups (broad SMARTS) is 1. The Bertz CT molecular complexity index is 1060. The molecule has 8 nitrogen and oxygen atoms in total. The Morgan fingerprint density at radius 2 is 1.18 bits per heavy atom. The molecule has 0 aromatic carbocycles. The van der Waals surface area contributed by atoms with Gasteiger partial charge in [-0.25, -0.2) is 4.79 Å². The van der Waals surface area contributed by atoms with Crippen molar-refractivity contribution in [3.05, 3.63) is 72.9 Å². The van der Waals surface area contributed by atoms with E-state index >= 15 is 0 Å². The Morgan fingerprint density at radius 3 is 1.82 bits per heavy atom. The number of nitrogens with zero attached hydrogens (tertiary/aromatic N) is 1. The Labute approximate surface area is 311 Å². The van der Waals surface area contributed by atoms with Gasteiger partial charge in [-0.1, -0.05) is 119 Å². The predicted molar refractivity (Wildman–Crippen MR) is 210 cm³/mol. The number of quaternary nitrogens is 1. The fourth-order valence-corrected chi connectivity index (χ4v) is 5.14. The lowest BCUT2D eigenvalue weighted by Gasteiger charge is -2.31. The number of ether oxygens (including phenoxy) is 3. The molecule has 8 heteroatoms. The van der Waals surface area contributed by atoms with E-state index in [0.717, 1.165) is 77.0 Å². The average Bonchev–Trinajstić information content (AvgIpc) is 3.08. The monoisotopic (exact) mass is 715 g/mol. The number of likely N-dealkylation sites (N-methyl/N-ethyl adjacent to an activating group) is 1. The second-order valence-electron chi connectivity index (χ2n) is 13.9. The molecule has 0 radical (unpaired) electrons. The van der Waals surface area contributed by atoms with Crippen LogP contribution < -0.4 is 0 Å². The molecule has 290 valence electrons. The molecule has 51 heavy (non-hydrogen) atoms. The van der Waals surface area contributed by atoms with Crippen LogP contribution in [0.1, 0.15) is 129 Å². The summed E-state index contributed by atoms with van der Waals surface area (Å²) < 4.78 is 17.1. The van der Waals surface area contributed by atoms with Crippen LogP contribution in [-0.2, 0) is 28.6 Å². The van der Waals surface area contributed by atoms with Gasteiger partial charge in [0.1, 0.15) is 6.61 Å². The van der Waals surface area contributed by atoms with Crippen molar-refractivity contribution < 1.29 is 38.2 Å². The summed E-state index contributed by atoms with van der Waals surface area (Å²) in [5.41, 5.74) is 0. The average molecular weight is 715 g/mol. The molecule has 1 N–H and O–H groups in total. The van der Waals surface area contributed by atoms with Crippen molar-refractivity contribution in [1.29, 1.82) is 0 Å². The van der Waals surface area contributed by atoms with Gasteiger partial charge in [0.2, 0.25) is 0 Å². The van der Waals surface area contributed by atoms with Gasteiger partial charge < -0.3 is 23.8 Å². The Hall–Kier alpha value is -3.23. The van der Waals surface area contributed by atoms with Crippen molar-refractivity contribution in [1.82, 2.24) is 0 Å². The highest BCUT2D eigenvalue weighted by atomic mass is 16.6. The first-order valence-electron chi connectivity index (χ1n) is 19.5. The molecule has 0 saturated carbocycles. The molecule has 2 atom stereocenters. The van der Waals surface area contributed by atoms with Crippen molar-refractivity contribution in [3.8, 4) is 0 Å². The second-order valence-corrected chi connectivity index (χ2v) is 13.9. The van der Waals surface area contributed by atoms with Crippen LogP contribution in [0.25, 0.3) is 0 Å². The van der Waals surface area contributed by atoms with Crippen LogP contribution >= 0.6 is 0 Å². The molecular formula is C43H72NO7+. The highest BCUT2D eigenvalue weighted by molar-refractivity contribution is 5.72. The quantitative estimate of drug-likeness (QED) is 0.0238. The van der Waals surface area contributed by atoms with Crippen LogP contribution in [-0.4, -0.2) is 80.6 Å². The number of hydrogen-bond donors (Lipinski definition) is 1. The normalized spacial score (nSPS) is 13.8. The van der Waals surface area contributed by atoms with Crippen LogP contribution in [0.4, 0.5) is 0 Å². The number of hydrogen-bond acceptors (Lipinski definition) is 6. The topological polar surface area (TPSA) is 99.1 Å². The maximum atomic E-state index is 12.7. The van der Waals surface area contributed by atoms with Gasteiger partial charge in [0, 0.05) is 19.3 Å². The fraction of sp³-hybridized carbons (Fsp3) is 0.651. The Kier molecular flexibility index (Phi) is 31.7. The molecule has 0 aromatic rings. The van der Waals surface area contributed by atoms with Crippen molar-refractivity contribution in [2.45, 2.75) is 142 Å². The minimum Gasteiger partial charge on any atom is -0.477 e. The van der Waals surface area contributed by atoms with Crippen molar-refractivity contribution in [2.24, 2.45) is 0 Å². The number of carboxylic acids is 1. The summed E-state index contributed by atoms with van der Waals surface area (Å²) in [6.45, 7) is 4.48. The van der Waals surface area contributed by atoms with E-state index in [1.165, 1.54) is 19.3 Å². The highest BCUT2D eigenvalue weighted by Gasteiger charge is 2.31. The predicted octanol–water partition coefficient (Wildman–Crippen LogP) is 10.0. The molecule has 0 aromatic heterocycles. The van der Waals surface area contributed by atoms with Gasteiger partial charge >= 0.3 is 17.9 Å². The van der Waals surface area contributed by atoms with E-state index in [1.807, 2.05) is 33.3 Å². The molecule has 0 amide bonds. The number of aliphatic carboxylic acids is 1. The van der Waals surface area contributed by atoms with Gasteiger partial charge in [0.15, 0.2) is 12.1 Å². The van der Waals surface area contributed by atoms with E-state index < -0.39 is 18.1 Å². The number of esters is 2.